The average Bonchev–Trinajstić information content (AvgIpc) is 2.60. The summed E-state index contributed by atoms with van der Waals surface area (Å²) in [4.78, 5) is 14.1. The van der Waals surface area contributed by atoms with E-state index in [1.807, 2.05) is 24.0 Å². The Morgan fingerprint density at radius 1 is 1.41 bits per heavy atom. The lowest BCUT2D eigenvalue weighted by Gasteiger charge is -2.24. The standard InChI is InChI=1S/C13H22N2O2/c1-13(17)5-2-7-15(8-6-13)12(16)10-3-4-11(14)9-10/h3-4,10-11,17H,2,5-9,14H2,1H3. The zero-order chi connectivity index (χ0) is 12.5. The van der Waals surface area contributed by atoms with Crippen LogP contribution in [0.15, 0.2) is 12.2 Å². The van der Waals surface area contributed by atoms with Crippen molar-refractivity contribution in [3.05, 3.63) is 12.2 Å². The second-order valence-corrected chi connectivity index (χ2v) is 5.57. The molecule has 0 bridgehead atoms. The predicted octanol–water partition coefficient (Wildman–Crippen LogP) is 0.653. The van der Waals surface area contributed by atoms with Gasteiger partial charge in [-0.1, -0.05) is 12.2 Å². The van der Waals surface area contributed by atoms with Crippen molar-refractivity contribution in [2.45, 2.75) is 44.2 Å². The van der Waals surface area contributed by atoms with Crippen molar-refractivity contribution in [2.24, 2.45) is 11.7 Å². The van der Waals surface area contributed by atoms with Gasteiger partial charge in [-0.2, -0.15) is 0 Å². The molecule has 1 aliphatic heterocycles. The molecular formula is C13H22N2O2. The van der Waals surface area contributed by atoms with Crippen LogP contribution in [0.5, 0.6) is 0 Å². The molecule has 3 unspecified atom stereocenters. The van der Waals surface area contributed by atoms with Crippen LogP contribution in [0.25, 0.3) is 0 Å². The highest BCUT2D eigenvalue weighted by Gasteiger charge is 2.31. The first-order valence-electron chi connectivity index (χ1n) is 6.43. The number of hydrogen-bond donors (Lipinski definition) is 2. The minimum atomic E-state index is -0.614. The van der Waals surface area contributed by atoms with E-state index in [1.54, 1.807) is 0 Å². The summed E-state index contributed by atoms with van der Waals surface area (Å²) in [7, 11) is 0. The Labute approximate surface area is 102 Å². The maximum atomic E-state index is 12.2. The maximum absolute atomic E-state index is 12.2. The van der Waals surface area contributed by atoms with Crippen molar-refractivity contribution < 1.29 is 9.90 Å². The Morgan fingerprint density at radius 3 is 2.82 bits per heavy atom. The number of carbonyl (C=O) groups is 1. The van der Waals surface area contributed by atoms with Crippen molar-refractivity contribution in [1.29, 1.82) is 0 Å². The molecule has 96 valence electrons. The third-order valence-electron chi connectivity index (χ3n) is 3.81. The van der Waals surface area contributed by atoms with E-state index in [-0.39, 0.29) is 17.9 Å². The Kier molecular flexibility index (Phi) is 3.54. The Bertz CT molecular complexity index is 325. The third-order valence-corrected chi connectivity index (χ3v) is 3.81. The molecule has 0 radical (unpaired) electrons. The minimum Gasteiger partial charge on any atom is -0.390 e. The summed E-state index contributed by atoms with van der Waals surface area (Å²) >= 11 is 0. The number of nitrogens with two attached hydrogens (primary N) is 1. The molecule has 2 rings (SSSR count). The van der Waals surface area contributed by atoms with E-state index >= 15 is 0 Å². The summed E-state index contributed by atoms with van der Waals surface area (Å²) in [5, 5.41) is 9.99. The first-order chi connectivity index (χ1) is 7.98. The van der Waals surface area contributed by atoms with Crippen molar-refractivity contribution >= 4 is 5.91 Å². The van der Waals surface area contributed by atoms with Gasteiger partial charge >= 0.3 is 0 Å². The number of aliphatic hydroxyl groups is 1. The van der Waals surface area contributed by atoms with Gasteiger partial charge < -0.3 is 15.7 Å². The molecular weight excluding hydrogens is 216 g/mol. The Morgan fingerprint density at radius 2 is 2.18 bits per heavy atom. The van der Waals surface area contributed by atoms with Gasteiger partial charge in [-0.3, -0.25) is 4.79 Å². The van der Waals surface area contributed by atoms with E-state index in [9.17, 15) is 9.90 Å². The van der Waals surface area contributed by atoms with E-state index < -0.39 is 5.60 Å². The van der Waals surface area contributed by atoms with Gasteiger partial charge in [0, 0.05) is 19.1 Å². The summed E-state index contributed by atoms with van der Waals surface area (Å²) in [6.07, 6.45) is 6.89. The van der Waals surface area contributed by atoms with Crippen molar-refractivity contribution in [1.82, 2.24) is 4.90 Å². The molecule has 0 spiro atoms. The fraction of sp³-hybridized carbons (Fsp3) is 0.769. The molecule has 4 heteroatoms. The third kappa shape index (κ3) is 3.07. The SMILES string of the molecule is CC1(O)CCCN(C(=O)C2C=CC(N)C2)CC1. The van der Waals surface area contributed by atoms with Gasteiger partial charge in [0.15, 0.2) is 0 Å². The van der Waals surface area contributed by atoms with Crippen LogP contribution in [0.2, 0.25) is 0 Å². The van der Waals surface area contributed by atoms with Crippen LogP contribution in [-0.4, -0.2) is 40.6 Å². The van der Waals surface area contributed by atoms with Gasteiger partial charge in [0.25, 0.3) is 0 Å². The van der Waals surface area contributed by atoms with E-state index in [0.717, 1.165) is 25.8 Å². The molecule has 1 amide bonds. The Hall–Kier alpha value is -0.870. The molecule has 1 heterocycles. The van der Waals surface area contributed by atoms with Crippen LogP contribution in [0, 0.1) is 5.92 Å². The van der Waals surface area contributed by atoms with Crippen LogP contribution in [0.3, 0.4) is 0 Å². The smallest absolute Gasteiger partial charge is 0.229 e. The second-order valence-electron chi connectivity index (χ2n) is 5.57. The normalized spacial score (nSPS) is 38.2. The molecule has 0 aromatic carbocycles. The van der Waals surface area contributed by atoms with Crippen LogP contribution in [0.1, 0.15) is 32.6 Å². The summed E-state index contributed by atoms with van der Waals surface area (Å²) < 4.78 is 0. The first kappa shape index (κ1) is 12.6. The second kappa shape index (κ2) is 4.78. The van der Waals surface area contributed by atoms with Crippen LogP contribution >= 0.6 is 0 Å². The fourth-order valence-electron chi connectivity index (χ4n) is 2.63. The summed E-state index contributed by atoms with van der Waals surface area (Å²) in [5.74, 6) is 0.125. The Balaban J connectivity index is 1.94. The zero-order valence-corrected chi connectivity index (χ0v) is 10.4. The van der Waals surface area contributed by atoms with E-state index in [0.29, 0.717) is 13.0 Å². The molecule has 3 atom stereocenters. The number of amides is 1. The molecule has 0 saturated carbocycles. The molecule has 0 aromatic rings. The van der Waals surface area contributed by atoms with Gasteiger partial charge in [-0.05, 0) is 32.6 Å². The number of hydrogen-bond acceptors (Lipinski definition) is 3. The first-order valence-corrected chi connectivity index (χ1v) is 6.43. The van der Waals surface area contributed by atoms with Gasteiger partial charge in [0.1, 0.15) is 0 Å². The number of rotatable bonds is 1. The van der Waals surface area contributed by atoms with Gasteiger partial charge in [0.05, 0.1) is 11.5 Å². The molecule has 1 fully saturated rings. The van der Waals surface area contributed by atoms with E-state index in [2.05, 4.69) is 0 Å². The largest absolute Gasteiger partial charge is 0.390 e. The summed E-state index contributed by atoms with van der Waals surface area (Å²) in [5.41, 5.74) is 5.15. The molecule has 1 aliphatic carbocycles. The lowest BCUT2D eigenvalue weighted by atomic mass is 9.98. The van der Waals surface area contributed by atoms with Gasteiger partial charge in [0.2, 0.25) is 5.91 Å². The van der Waals surface area contributed by atoms with Crippen LogP contribution < -0.4 is 5.73 Å². The molecule has 17 heavy (non-hydrogen) atoms. The van der Waals surface area contributed by atoms with E-state index in [1.165, 1.54) is 0 Å². The molecule has 1 saturated heterocycles. The van der Waals surface area contributed by atoms with Crippen molar-refractivity contribution in [3.63, 3.8) is 0 Å². The molecule has 3 N–H and O–H groups in total. The number of carbonyl (C=O) groups excluding carboxylic acids is 1. The highest BCUT2D eigenvalue weighted by Crippen LogP contribution is 2.25. The molecule has 2 aliphatic rings. The van der Waals surface area contributed by atoms with Crippen LogP contribution in [0.4, 0.5) is 0 Å². The number of likely N-dealkylation sites (tertiary alicyclic amines) is 1. The quantitative estimate of drug-likeness (QED) is 0.659. The predicted molar refractivity (Wildman–Crippen MR) is 66.3 cm³/mol. The van der Waals surface area contributed by atoms with Crippen LogP contribution in [-0.2, 0) is 4.79 Å². The topological polar surface area (TPSA) is 66.6 Å². The summed E-state index contributed by atoms with van der Waals surface area (Å²) in [6.45, 7) is 3.27. The summed E-state index contributed by atoms with van der Waals surface area (Å²) in [6, 6.07) is 0.0269. The number of nitrogens with zero attached hydrogens (tertiary/aromatic N) is 1. The minimum absolute atomic E-state index is 0.0269. The molecule has 4 nitrogen and oxygen atoms in total. The zero-order valence-electron chi connectivity index (χ0n) is 10.4. The van der Waals surface area contributed by atoms with E-state index in [4.69, 9.17) is 5.73 Å². The monoisotopic (exact) mass is 238 g/mol. The van der Waals surface area contributed by atoms with Crippen molar-refractivity contribution in [2.75, 3.05) is 13.1 Å². The van der Waals surface area contributed by atoms with Gasteiger partial charge in [-0.15, -0.1) is 0 Å². The lowest BCUT2D eigenvalue weighted by Crippen LogP contribution is -2.37. The average molecular weight is 238 g/mol. The highest BCUT2D eigenvalue weighted by atomic mass is 16.3. The molecule has 0 aromatic heterocycles. The lowest BCUT2D eigenvalue weighted by molar-refractivity contribution is -0.134. The van der Waals surface area contributed by atoms with Crippen molar-refractivity contribution in [3.8, 4) is 0 Å². The fourth-order valence-corrected chi connectivity index (χ4v) is 2.63. The highest BCUT2D eigenvalue weighted by molar-refractivity contribution is 5.81. The maximum Gasteiger partial charge on any atom is 0.229 e. The van der Waals surface area contributed by atoms with Gasteiger partial charge in [-0.25, -0.2) is 0 Å².